The lowest BCUT2D eigenvalue weighted by Crippen LogP contribution is -2.35. The molecule has 5 nitrogen and oxygen atoms in total. The van der Waals surface area contributed by atoms with Crippen LogP contribution in [0.2, 0.25) is 0 Å². The van der Waals surface area contributed by atoms with Crippen molar-refractivity contribution in [2.24, 2.45) is 9.98 Å². The van der Waals surface area contributed by atoms with Gasteiger partial charge in [0.25, 0.3) is 0 Å². The van der Waals surface area contributed by atoms with Crippen LogP contribution in [0.25, 0.3) is 55.5 Å². The molecule has 3 heterocycles. The summed E-state index contributed by atoms with van der Waals surface area (Å²) in [6, 6.07) is 81.4. The number of para-hydroxylation sites is 1. The van der Waals surface area contributed by atoms with E-state index in [1.165, 1.54) is 33.0 Å². The summed E-state index contributed by atoms with van der Waals surface area (Å²) in [5.74, 6) is 3.13. The van der Waals surface area contributed by atoms with Gasteiger partial charge in [0.15, 0.2) is 5.84 Å². The third-order valence-corrected chi connectivity index (χ3v) is 13.4. The Morgan fingerprint density at radius 2 is 1.03 bits per heavy atom. The Morgan fingerprint density at radius 1 is 0.424 bits per heavy atom. The number of hydrogen-bond acceptors (Lipinski definition) is 5. The lowest BCUT2D eigenvalue weighted by Gasteiger charge is -2.40. The summed E-state index contributed by atoms with van der Waals surface area (Å²) in [5, 5.41) is 6.13. The summed E-state index contributed by atoms with van der Waals surface area (Å²) in [6.07, 6.45) is -0.438. The summed E-state index contributed by atoms with van der Waals surface area (Å²) in [4.78, 5) is 15.9. The zero-order valence-electron chi connectivity index (χ0n) is 35.8. The van der Waals surface area contributed by atoms with Gasteiger partial charge < -0.3 is 10.1 Å². The first-order valence-corrected chi connectivity index (χ1v) is 22.5. The van der Waals surface area contributed by atoms with E-state index in [2.05, 4.69) is 212 Å². The van der Waals surface area contributed by atoms with Crippen LogP contribution in [-0.4, -0.2) is 16.7 Å². The molecule has 0 fully saturated rings. The van der Waals surface area contributed by atoms with Crippen molar-refractivity contribution in [2.45, 2.75) is 11.6 Å². The highest BCUT2D eigenvalue weighted by Crippen LogP contribution is 2.62. The number of ether oxygens (including phenoxy) is 1. The molecule has 0 radical (unpaired) electrons. The molecule has 0 saturated heterocycles. The van der Waals surface area contributed by atoms with Crippen molar-refractivity contribution in [1.82, 2.24) is 10.3 Å². The van der Waals surface area contributed by atoms with Crippen LogP contribution in [0.4, 0.5) is 0 Å². The van der Waals surface area contributed by atoms with E-state index in [1.807, 2.05) is 24.3 Å². The van der Waals surface area contributed by atoms with E-state index in [9.17, 15) is 0 Å². The van der Waals surface area contributed by atoms with Crippen LogP contribution in [0.1, 0.15) is 45.1 Å². The van der Waals surface area contributed by atoms with Crippen LogP contribution in [0, 0.1) is 0 Å². The number of nitrogens with zero attached hydrogens (tertiary/aromatic N) is 3. The fourth-order valence-corrected chi connectivity index (χ4v) is 10.4. The summed E-state index contributed by atoms with van der Waals surface area (Å²) in [5.41, 5.74) is 15.7. The van der Waals surface area contributed by atoms with Gasteiger partial charge in [-0.2, -0.15) is 0 Å². The van der Waals surface area contributed by atoms with E-state index in [4.69, 9.17) is 19.7 Å². The molecule has 1 aliphatic carbocycles. The fourth-order valence-electron chi connectivity index (χ4n) is 10.4. The first-order chi connectivity index (χ1) is 32.7. The minimum atomic E-state index is -0.584. The SMILES string of the molecule is c1ccc(C2=NC(c3ccc4c(c3)C3(c5ccccc5O4)c4ccccc4-c4ccccc43)NC(c3ccc(-c4ccc(-c5ccccc5)nc4-c4cccc5ccccc45)cc3)=N2)cc1. The Bertz CT molecular complexity index is 3550. The molecule has 1 spiro atoms. The smallest absolute Gasteiger partial charge is 0.159 e. The molecule has 0 amide bonds. The Morgan fingerprint density at radius 3 is 1.80 bits per heavy atom. The Kier molecular flexibility index (Phi) is 8.75. The van der Waals surface area contributed by atoms with Gasteiger partial charge in [-0.05, 0) is 68.4 Å². The maximum Gasteiger partial charge on any atom is 0.159 e. The summed E-state index contributed by atoms with van der Waals surface area (Å²) >= 11 is 0. The molecule has 1 aromatic heterocycles. The molecule has 1 N–H and O–H groups in total. The van der Waals surface area contributed by atoms with Crippen LogP contribution in [0.15, 0.2) is 241 Å². The Labute approximate surface area is 383 Å². The standard InChI is InChI=1S/C61H40N4O/c1-3-17-41(18-4-1)54-36-35-46(57(62-54)49-25-15-21-39-16-7-8-22-45(39)49)40-30-32-43(33-31-40)59-63-58(42-19-5-2-6-20-42)64-60(65-59)44-34-37-56-53(38-44)61(52-28-13-14-29-55(52)66-56)50-26-11-9-23-47(50)48-24-10-12-27-51(48)61/h1-38,60H,(H,63,64,65). The molecule has 0 saturated carbocycles. The van der Waals surface area contributed by atoms with Crippen molar-refractivity contribution in [3.05, 3.63) is 269 Å². The maximum atomic E-state index is 6.77. The number of amidine groups is 2. The second-order valence-corrected chi connectivity index (χ2v) is 17.1. The van der Waals surface area contributed by atoms with E-state index in [1.54, 1.807) is 0 Å². The molecule has 3 aliphatic rings. The quantitative estimate of drug-likeness (QED) is 0.181. The minimum absolute atomic E-state index is 0.438. The minimum Gasteiger partial charge on any atom is -0.457 e. The second kappa shape index (κ2) is 15.3. The van der Waals surface area contributed by atoms with Gasteiger partial charge in [-0.1, -0.05) is 206 Å². The molecule has 0 bridgehead atoms. The summed E-state index contributed by atoms with van der Waals surface area (Å²) < 4.78 is 6.77. The van der Waals surface area contributed by atoms with Crippen LogP contribution in [0.3, 0.4) is 0 Å². The molecule has 10 aromatic rings. The number of nitrogens with one attached hydrogen (secondary N) is 1. The van der Waals surface area contributed by atoms with Crippen LogP contribution >= 0.6 is 0 Å². The van der Waals surface area contributed by atoms with Crippen LogP contribution in [-0.2, 0) is 5.41 Å². The van der Waals surface area contributed by atoms with Gasteiger partial charge >= 0.3 is 0 Å². The van der Waals surface area contributed by atoms with Crippen molar-refractivity contribution < 1.29 is 4.74 Å². The average Bonchev–Trinajstić information content (AvgIpc) is 3.69. The van der Waals surface area contributed by atoms with E-state index in [0.717, 1.165) is 78.8 Å². The van der Waals surface area contributed by atoms with Gasteiger partial charge in [0.1, 0.15) is 23.5 Å². The van der Waals surface area contributed by atoms with Crippen LogP contribution in [0.5, 0.6) is 11.5 Å². The Hall–Kier alpha value is -8.67. The monoisotopic (exact) mass is 844 g/mol. The molecular formula is C61H40N4O. The van der Waals surface area contributed by atoms with E-state index >= 15 is 0 Å². The van der Waals surface area contributed by atoms with Crippen molar-refractivity contribution in [2.75, 3.05) is 0 Å². The normalized spacial score (nSPS) is 15.1. The fraction of sp³-hybridized carbons (Fsp3) is 0.0328. The molecule has 66 heavy (non-hydrogen) atoms. The third kappa shape index (κ3) is 5.97. The molecule has 2 aliphatic heterocycles. The van der Waals surface area contributed by atoms with Gasteiger partial charge in [-0.25, -0.2) is 15.0 Å². The first-order valence-electron chi connectivity index (χ1n) is 22.5. The summed E-state index contributed by atoms with van der Waals surface area (Å²) in [6.45, 7) is 0. The number of benzene rings is 9. The zero-order chi connectivity index (χ0) is 43.6. The van der Waals surface area contributed by atoms with Gasteiger partial charge in [-0.15, -0.1) is 0 Å². The highest BCUT2D eigenvalue weighted by atomic mass is 16.5. The lowest BCUT2D eigenvalue weighted by atomic mass is 9.66. The number of pyridine rings is 1. The van der Waals surface area contributed by atoms with Gasteiger partial charge in [-0.3, -0.25) is 0 Å². The van der Waals surface area contributed by atoms with Crippen molar-refractivity contribution in [1.29, 1.82) is 0 Å². The second-order valence-electron chi connectivity index (χ2n) is 17.1. The van der Waals surface area contributed by atoms with Crippen molar-refractivity contribution in [3.8, 4) is 56.3 Å². The number of aromatic nitrogens is 1. The summed E-state index contributed by atoms with van der Waals surface area (Å²) in [7, 11) is 0. The molecule has 1 unspecified atom stereocenters. The Balaban J connectivity index is 0.918. The average molecular weight is 845 g/mol. The first kappa shape index (κ1) is 37.8. The number of fused-ring (bicyclic) bond motifs is 10. The van der Waals surface area contributed by atoms with Gasteiger partial charge in [0, 0.05) is 38.9 Å². The highest BCUT2D eigenvalue weighted by Gasteiger charge is 2.51. The molecule has 1 atom stereocenters. The maximum absolute atomic E-state index is 6.77. The molecule has 9 aromatic carbocycles. The van der Waals surface area contributed by atoms with E-state index < -0.39 is 11.6 Å². The predicted molar refractivity (Wildman–Crippen MR) is 267 cm³/mol. The highest BCUT2D eigenvalue weighted by molar-refractivity contribution is 6.13. The number of rotatable bonds is 6. The zero-order valence-corrected chi connectivity index (χ0v) is 35.8. The molecule has 310 valence electrons. The molecule has 13 rings (SSSR count). The number of aliphatic imine (C=N–C) groups is 2. The predicted octanol–water partition coefficient (Wildman–Crippen LogP) is 14.2. The van der Waals surface area contributed by atoms with Crippen molar-refractivity contribution >= 4 is 22.4 Å². The molecular weight excluding hydrogens is 805 g/mol. The molecule has 5 heteroatoms. The van der Waals surface area contributed by atoms with Crippen LogP contribution < -0.4 is 10.1 Å². The van der Waals surface area contributed by atoms with E-state index in [0.29, 0.717) is 5.84 Å². The third-order valence-electron chi connectivity index (χ3n) is 13.4. The largest absolute Gasteiger partial charge is 0.457 e. The van der Waals surface area contributed by atoms with E-state index in [-0.39, 0.29) is 0 Å². The lowest BCUT2D eigenvalue weighted by molar-refractivity contribution is 0.435. The van der Waals surface area contributed by atoms with Gasteiger partial charge in [0.05, 0.1) is 16.8 Å². The van der Waals surface area contributed by atoms with Crippen molar-refractivity contribution in [3.63, 3.8) is 0 Å². The topological polar surface area (TPSA) is 58.9 Å². The number of hydrogen-bond donors (Lipinski definition) is 1. The van der Waals surface area contributed by atoms with Gasteiger partial charge in [0.2, 0.25) is 0 Å².